The zero-order valence-corrected chi connectivity index (χ0v) is 10.8. The van der Waals surface area contributed by atoms with E-state index in [2.05, 4.69) is 0 Å². The molecular formula is C15H18N2O. The molecule has 18 heavy (non-hydrogen) atoms. The Labute approximate surface area is 107 Å². The van der Waals surface area contributed by atoms with Gasteiger partial charge in [0.2, 0.25) is 5.91 Å². The number of hydrogen-bond donors (Lipinski definition) is 1. The predicted octanol–water partition coefficient (Wildman–Crippen LogP) is 2.40. The third-order valence-electron chi connectivity index (χ3n) is 3.23. The lowest BCUT2D eigenvalue weighted by Crippen LogP contribution is -2.35. The first-order valence-corrected chi connectivity index (χ1v) is 6.10. The minimum atomic E-state index is -0.158. The van der Waals surface area contributed by atoms with Gasteiger partial charge in [-0.2, -0.15) is 0 Å². The Morgan fingerprint density at radius 3 is 2.61 bits per heavy atom. The second kappa shape index (κ2) is 5.19. The van der Waals surface area contributed by atoms with Crippen LogP contribution < -0.4 is 10.6 Å². The number of carbonyl (C=O) groups is 1. The van der Waals surface area contributed by atoms with Gasteiger partial charge < -0.3 is 10.6 Å². The van der Waals surface area contributed by atoms with Crippen LogP contribution in [0.4, 0.5) is 5.69 Å². The molecule has 0 spiro atoms. The Kier molecular flexibility index (Phi) is 3.63. The van der Waals surface area contributed by atoms with Gasteiger partial charge in [-0.3, -0.25) is 4.79 Å². The summed E-state index contributed by atoms with van der Waals surface area (Å²) < 4.78 is 0. The lowest BCUT2D eigenvalue weighted by Gasteiger charge is -2.22. The van der Waals surface area contributed by atoms with Crippen molar-refractivity contribution in [1.29, 1.82) is 0 Å². The second-order valence-electron chi connectivity index (χ2n) is 4.53. The van der Waals surface area contributed by atoms with Gasteiger partial charge in [0.05, 0.1) is 5.69 Å². The Morgan fingerprint density at radius 1 is 1.22 bits per heavy atom. The fourth-order valence-electron chi connectivity index (χ4n) is 2.05. The summed E-state index contributed by atoms with van der Waals surface area (Å²) in [6, 6.07) is 14.0. The van der Waals surface area contributed by atoms with E-state index in [9.17, 15) is 4.79 Å². The number of fused-ring (bicyclic) bond motifs is 1. The fourth-order valence-corrected chi connectivity index (χ4v) is 2.05. The molecule has 2 aromatic rings. The summed E-state index contributed by atoms with van der Waals surface area (Å²) >= 11 is 0. The molecule has 0 aliphatic carbocycles. The molecule has 3 heteroatoms. The summed E-state index contributed by atoms with van der Waals surface area (Å²) in [5, 5.41) is 2.22. The van der Waals surface area contributed by atoms with E-state index in [-0.39, 0.29) is 11.8 Å². The van der Waals surface area contributed by atoms with Crippen molar-refractivity contribution in [3.05, 3.63) is 42.5 Å². The molecule has 1 unspecified atom stereocenters. The van der Waals surface area contributed by atoms with Gasteiger partial charge in [0.15, 0.2) is 0 Å². The summed E-state index contributed by atoms with van der Waals surface area (Å²) in [5.74, 6) is -0.108. The molecule has 2 N–H and O–H groups in total. The van der Waals surface area contributed by atoms with E-state index in [1.165, 1.54) is 0 Å². The van der Waals surface area contributed by atoms with E-state index >= 15 is 0 Å². The number of amides is 1. The summed E-state index contributed by atoms with van der Waals surface area (Å²) in [5.41, 5.74) is 6.48. The van der Waals surface area contributed by atoms with Crippen molar-refractivity contribution in [2.24, 2.45) is 11.7 Å². The molecular weight excluding hydrogens is 224 g/mol. The van der Waals surface area contributed by atoms with E-state index in [1.54, 1.807) is 11.9 Å². The van der Waals surface area contributed by atoms with Gasteiger partial charge in [-0.1, -0.05) is 43.3 Å². The van der Waals surface area contributed by atoms with Gasteiger partial charge in [-0.25, -0.2) is 0 Å². The topological polar surface area (TPSA) is 46.3 Å². The number of hydrogen-bond acceptors (Lipinski definition) is 2. The maximum atomic E-state index is 12.2. The van der Waals surface area contributed by atoms with Crippen molar-refractivity contribution < 1.29 is 4.79 Å². The smallest absolute Gasteiger partial charge is 0.230 e. The van der Waals surface area contributed by atoms with Gasteiger partial charge in [0, 0.05) is 24.9 Å². The molecule has 94 valence electrons. The zero-order chi connectivity index (χ0) is 13.1. The standard InChI is InChI=1S/C15H18N2O/c1-11(10-16)15(18)17(2)14-9-5-7-12-6-3-4-8-13(12)14/h3-9,11H,10,16H2,1-2H3. The van der Waals surface area contributed by atoms with E-state index in [1.807, 2.05) is 49.4 Å². The lowest BCUT2D eigenvalue weighted by atomic mass is 10.1. The highest BCUT2D eigenvalue weighted by molar-refractivity contribution is 6.04. The van der Waals surface area contributed by atoms with Gasteiger partial charge in [0.1, 0.15) is 0 Å². The van der Waals surface area contributed by atoms with Crippen LogP contribution >= 0.6 is 0 Å². The van der Waals surface area contributed by atoms with Crippen LogP contribution in [-0.2, 0) is 4.79 Å². The van der Waals surface area contributed by atoms with Gasteiger partial charge in [-0.15, -0.1) is 0 Å². The number of anilines is 1. The highest BCUT2D eigenvalue weighted by Crippen LogP contribution is 2.26. The molecule has 1 atom stereocenters. The first-order valence-electron chi connectivity index (χ1n) is 6.10. The molecule has 0 saturated heterocycles. The van der Waals surface area contributed by atoms with Crippen LogP contribution in [0.5, 0.6) is 0 Å². The second-order valence-corrected chi connectivity index (χ2v) is 4.53. The third kappa shape index (κ3) is 2.22. The van der Waals surface area contributed by atoms with Crippen molar-refractivity contribution in [3.8, 4) is 0 Å². The molecule has 0 aromatic heterocycles. The van der Waals surface area contributed by atoms with Crippen LogP contribution in [0.25, 0.3) is 10.8 Å². The molecule has 2 aromatic carbocycles. The van der Waals surface area contributed by atoms with Gasteiger partial charge >= 0.3 is 0 Å². The number of benzene rings is 2. The minimum Gasteiger partial charge on any atom is -0.330 e. The SMILES string of the molecule is CC(CN)C(=O)N(C)c1cccc2ccccc12. The van der Waals surface area contributed by atoms with Gasteiger partial charge in [0.25, 0.3) is 0 Å². The Bertz CT molecular complexity index is 560. The molecule has 0 aliphatic heterocycles. The van der Waals surface area contributed by atoms with E-state index in [4.69, 9.17) is 5.73 Å². The van der Waals surface area contributed by atoms with Crippen molar-refractivity contribution in [1.82, 2.24) is 0 Å². The molecule has 0 heterocycles. The molecule has 0 bridgehead atoms. The first-order chi connectivity index (χ1) is 8.65. The summed E-state index contributed by atoms with van der Waals surface area (Å²) in [4.78, 5) is 13.9. The monoisotopic (exact) mass is 242 g/mol. The van der Waals surface area contributed by atoms with E-state index in [0.717, 1.165) is 16.5 Å². The van der Waals surface area contributed by atoms with E-state index < -0.39 is 0 Å². The van der Waals surface area contributed by atoms with Crippen molar-refractivity contribution in [2.45, 2.75) is 6.92 Å². The first kappa shape index (κ1) is 12.6. The van der Waals surface area contributed by atoms with Gasteiger partial charge in [-0.05, 0) is 11.5 Å². The third-order valence-corrected chi connectivity index (χ3v) is 3.23. The Balaban J connectivity index is 2.45. The summed E-state index contributed by atoms with van der Waals surface area (Å²) in [6.45, 7) is 2.22. The van der Waals surface area contributed by atoms with E-state index in [0.29, 0.717) is 6.54 Å². The number of carbonyl (C=O) groups excluding carboxylic acids is 1. The van der Waals surface area contributed by atoms with Crippen molar-refractivity contribution >= 4 is 22.4 Å². The fraction of sp³-hybridized carbons (Fsp3) is 0.267. The van der Waals surface area contributed by atoms with Crippen LogP contribution in [0, 0.1) is 5.92 Å². The summed E-state index contributed by atoms with van der Waals surface area (Å²) in [7, 11) is 1.80. The number of rotatable bonds is 3. The normalized spacial score (nSPS) is 12.4. The predicted molar refractivity (Wildman–Crippen MR) is 75.6 cm³/mol. The minimum absolute atomic E-state index is 0.0499. The van der Waals surface area contributed by atoms with Crippen LogP contribution in [0.1, 0.15) is 6.92 Å². The summed E-state index contributed by atoms with van der Waals surface area (Å²) in [6.07, 6.45) is 0. The Morgan fingerprint density at radius 2 is 1.89 bits per heavy atom. The van der Waals surface area contributed by atoms with Crippen LogP contribution in [0.3, 0.4) is 0 Å². The maximum absolute atomic E-state index is 12.2. The van der Waals surface area contributed by atoms with Crippen LogP contribution in [0.15, 0.2) is 42.5 Å². The van der Waals surface area contributed by atoms with Crippen molar-refractivity contribution in [3.63, 3.8) is 0 Å². The number of nitrogens with zero attached hydrogens (tertiary/aromatic N) is 1. The molecule has 0 fully saturated rings. The molecule has 2 rings (SSSR count). The molecule has 0 saturated carbocycles. The highest BCUT2D eigenvalue weighted by atomic mass is 16.2. The highest BCUT2D eigenvalue weighted by Gasteiger charge is 2.18. The lowest BCUT2D eigenvalue weighted by molar-refractivity contribution is -0.121. The molecule has 0 radical (unpaired) electrons. The Hall–Kier alpha value is -1.87. The average Bonchev–Trinajstić information content (AvgIpc) is 2.44. The quantitative estimate of drug-likeness (QED) is 0.898. The largest absolute Gasteiger partial charge is 0.330 e. The average molecular weight is 242 g/mol. The van der Waals surface area contributed by atoms with Crippen LogP contribution in [0.2, 0.25) is 0 Å². The zero-order valence-electron chi connectivity index (χ0n) is 10.8. The molecule has 3 nitrogen and oxygen atoms in total. The van der Waals surface area contributed by atoms with Crippen molar-refractivity contribution in [2.75, 3.05) is 18.5 Å². The number of nitrogens with two attached hydrogens (primary N) is 1. The molecule has 0 aliphatic rings. The van der Waals surface area contributed by atoms with Crippen LogP contribution in [-0.4, -0.2) is 19.5 Å². The molecule has 1 amide bonds. The maximum Gasteiger partial charge on any atom is 0.230 e.